The molecule has 6 heteroatoms. The van der Waals surface area contributed by atoms with E-state index >= 15 is 0 Å². The van der Waals surface area contributed by atoms with E-state index in [1.807, 2.05) is 53.4 Å². The number of carbonyl (C=O) groups excluding carboxylic acids is 1. The minimum atomic E-state index is -0.0183. The number of methoxy groups -OCH3 is 2. The maximum Gasteiger partial charge on any atom is 0.257 e. The van der Waals surface area contributed by atoms with Gasteiger partial charge in [0.15, 0.2) is 0 Å². The van der Waals surface area contributed by atoms with Gasteiger partial charge in [-0.05, 0) is 36.2 Å². The second-order valence-electron chi connectivity index (χ2n) is 6.43. The van der Waals surface area contributed by atoms with Gasteiger partial charge in [-0.2, -0.15) is 5.10 Å². The number of benzene rings is 2. The highest BCUT2D eigenvalue weighted by molar-refractivity contribution is 5.94. The Balaban J connectivity index is 1.56. The number of hydrogen-bond acceptors (Lipinski definition) is 4. The third-order valence-electron chi connectivity index (χ3n) is 4.92. The Morgan fingerprint density at radius 3 is 2.70 bits per heavy atom. The lowest BCUT2D eigenvalue weighted by molar-refractivity contribution is 0.0460. The summed E-state index contributed by atoms with van der Waals surface area (Å²) in [5.41, 5.74) is 2.45. The molecule has 0 N–H and O–H groups in total. The van der Waals surface area contributed by atoms with E-state index in [4.69, 9.17) is 9.47 Å². The fourth-order valence-electron chi connectivity index (χ4n) is 3.38. The fraction of sp³-hybridized carbons (Fsp3) is 0.238. The van der Waals surface area contributed by atoms with Crippen molar-refractivity contribution in [1.29, 1.82) is 0 Å². The maximum atomic E-state index is 13.0. The number of rotatable bonds is 5. The number of carbonyl (C=O) groups is 1. The molecule has 0 spiro atoms. The lowest BCUT2D eigenvalue weighted by atomic mass is 9.94. The van der Waals surface area contributed by atoms with Crippen LogP contribution in [-0.2, 0) is 0 Å². The van der Waals surface area contributed by atoms with Gasteiger partial charge in [0.25, 0.3) is 5.91 Å². The predicted molar refractivity (Wildman–Crippen MR) is 102 cm³/mol. The summed E-state index contributed by atoms with van der Waals surface area (Å²) in [4.78, 5) is 14.8. The molecule has 1 aliphatic rings. The lowest BCUT2D eigenvalue weighted by Gasteiger charge is -2.41. The number of para-hydroxylation sites is 2. The van der Waals surface area contributed by atoms with Gasteiger partial charge < -0.3 is 14.4 Å². The molecule has 1 atom stereocenters. The first-order chi connectivity index (χ1) is 13.2. The van der Waals surface area contributed by atoms with Crippen molar-refractivity contribution < 1.29 is 14.3 Å². The first kappa shape index (κ1) is 17.1. The van der Waals surface area contributed by atoms with Crippen LogP contribution >= 0.6 is 0 Å². The highest BCUT2D eigenvalue weighted by Crippen LogP contribution is 2.36. The van der Waals surface area contributed by atoms with E-state index in [1.54, 1.807) is 31.3 Å². The molecule has 3 aromatic rings. The Morgan fingerprint density at radius 1 is 1.11 bits per heavy atom. The van der Waals surface area contributed by atoms with Gasteiger partial charge in [-0.1, -0.05) is 24.3 Å². The van der Waals surface area contributed by atoms with Crippen molar-refractivity contribution in [2.45, 2.75) is 12.5 Å². The van der Waals surface area contributed by atoms with E-state index in [9.17, 15) is 4.79 Å². The van der Waals surface area contributed by atoms with E-state index in [-0.39, 0.29) is 11.9 Å². The van der Waals surface area contributed by atoms with Gasteiger partial charge in [-0.25, -0.2) is 4.68 Å². The molecular formula is C21H21N3O3. The molecule has 138 valence electrons. The van der Waals surface area contributed by atoms with Crippen LogP contribution in [0.4, 0.5) is 0 Å². The third-order valence-corrected chi connectivity index (χ3v) is 4.92. The zero-order chi connectivity index (χ0) is 18.8. The van der Waals surface area contributed by atoms with Crippen LogP contribution in [0.1, 0.15) is 28.4 Å². The smallest absolute Gasteiger partial charge is 0.257 e. The highest BCUT2D eigenvalue weighted by Gasteiger charge is 2.34. The molecule has 0 aliphatic carbocycles. The number of amides is 1. The summed E-state index contributed by atoms with van der Waals surface area (Å²) >= 11 is 0. The summed E-state index contributed by atoms with van der Waals surface area (Å²) in [6, 6.07) is 15.5. The highest BCUT2D eigenvalue weighted by atomic mass is 16.5. The Labute approximate surface area is 157 Å². The van der Waals surface area contributed by atoms with Gasteiger partial charge in [0.2, 0.25) is 0 Å². The van der Waals surface area contributed by atoms with Crippen molar-refractivity contribution in [3.63, 3.8) is 0 Å². The van der Waals surface area contributed by atoms with E-state index in [0.717, 1.165) is 30.0 Å². The summed E-state index contributed by atoms with van der Waals surface area (Å²) in [5, 5.41) is 4.35. The van der Waals surface area contributed by atoms with Crippen LogP contribution in [0, 0.1) is 0 Å². The van der Waals surface area contributed by atoms with Gasteiger partial charge in [-0.3, -0.25) is 4.79 Å². The molecule has 0 bridgehead atoms. The molecule has 1 aromatic heterocycles. The van der Waals surface area contributed by atoms with Gasteiger partial charge in [0.1, 0.15) is 17.2 Å². The summed E-state index contributed by atoms with van der Waals surface area (Å²) in [7, 11) is 3.27. The molecule has 0 radical (unpaired) electrons. The molecule has 0 saturated carbocycles. The second kappa shape index (κ2) is 7.15. The average molecular weight is 363 g/mol. The Hall–Kier alpha value is -3.28. The largest absolute Gasteiger partial charge is 0.497 e. The molecule has 2 aromatic carbocycles. The molecule has 1 fully saturated rings. The third kappa shape index (κ3) is 3.14. The summed E-state index contributed by atoms with van der Waals surface area (Å²) in [6.07, 6.45) is 4.30. The van der Waals surface area contributed by atoms with Crippen LogP contribution in [-0.4, -0.2) is 41.4 Å². The minimum absolute atomic E-state index is 0.0183. The number of aromatic nitrogens is 2. The van der Waals surface area contributed by atoms with Gasteiger partial charge in [0, 0.05) is 12.7 Å². The van der Waals surface area contributed by atoms with Gasteiger partial charge in [-0.15, -0.1) is 0 Å². The number of likely N-dealkylation sites (tertiary alicyclic amines) is 1. The van der Waals surface area contributed by atoms with E-state index in [2.05, 4.69) is 5.10 Å². The molecule has 1 amide bonds. The van der Waals surface area contributed by atoms with Crippen molar-refractivity contribution in [2.24, 2.45) is 0 Å². The topological polar surface area (TPSA) is 56.6 Å². The number of hydrogen-bond donors (Lipinski definition) is 0. The van der Waals surface area contributed by atoms with Crippen LogP contribution in [0.2, 0.25) is 0 Å². The molecule has 4 rings (SSSR count). The molecule has 1 unspecified atom stereocenters. The molecule has 2 heterocycles. The van der Waals surface area contributed by atoms with Crippen molar-refractivity contribution in [1.82, 2.24) is 14.7 Å². The van der Waals surface area contributed by atoms with Crippen LogP contribution < -0.4 is 9.47 Å². The van der Waals surface area contributed by atoms with Crippen LogP contribution in [0.25, 0.3) is 5.69 Å². The standard InChI is InChI=1S/C21H21N3O3/c1-26-17-7-5-6-15(12-17)18-10-11-23(18)21(25)16-13-22-24(14-16)19-8-3-4-9-20(19)27-2/h3-9,12-14,18H,10-11H2,1-2H3. The fourth-order valence-corrected chi connectivity index (χ4v) is 3.38. The first-order valence-corrected chi connectivity index (χ1v) is 8.84. The molecular weight excluding hydrogens is 342 g/mol. The van der Waals surface area contributed by atoms with Crippen molar-refractivity contribution in [3.05, 3.63) is 72.1 Å². The normalized spacial score (nSPS) is 15.9. The maximum absolute atomic E-state index is 13.0. The van der Waals surface area contributed by atoms with E-state index in [0.29, 0.717) is 11.3 Å². The van der Waals surface area contributed by atoms with Crippen LogP contribution in [0.15, 0.2) is 60.9 Å². The van der Waals surface area contributed by atoms with Crippen molar-refractivity contribution in [2.75, 3.05) is 20.8 Å². The summed E-state index contributed by atoms with van der Waals surface area (Å²) in [5.74, 6) is 1.49. The van der Waals surface area contributed by atoms with Crippen molar-refractivity contribution in [3.8, 4) is 17.2 Å². The summed E-state index contributed by atoms with van der Waals surface area (Å²) in [6.45, 7) is 0.737. The summed E-state index contributed by atoms with van der Waals surface area (Å²) < 4.78 is 12.4. The Morgan fingerprint density at radius 2 is 1.96 bits per heavy atom. The first-order valence-electron chi connectivity index (χ1n) is 8.84. The zero-order valence-corrected chi connectivity index (χ0v) is 15.3. The Bertz CT molecular complexity index is 967. The molecule has 6 nitrogen and oxygen atoms in total. The number of nitrogens with zero attached hydrogens (tertiary/aromatic N) is 3. The van der Waals surface area contributed by atoms with E-state index in [1.165, 1.54) is 0 Å². The molecule has 1 aliphatic heterocycles. The van der Waals surface area contributed by atoms with Crippen molar-refractivity contribution >= 4 is 5.91 Å². The average Bonchev–Trinajstić information content (AvgIpc) is 3.17. The second-order valence-corrected chi connectivity index (χ2v) is 6.43. The van der Waals surface area contributed by atoms with E-state index < -0.39 is 0 Å². The SMILES string of the molecule is COc1cccc(C2CCN2C(=O)c2cnn(-c3ccccc3OC)c2)c1. The molecule has 1 saturated heterocycles. The molecule has 27 heavy (non-hydrogen) atoms. The van der Waals surface area contributed by atoms with Crippen LogP contribution in [0.5, 0.6) is 11.5 Å². The minimum Gasteiger partial charge on any atom is -0.497 e. The quantitative estimate of drug-likeness (QED) is 0.696. The van der Waals surface area contributed by atoms with Crippen LogP contribution in [0.3, 0.4) is 0 Å². The Kier molecular flexibility index (Phi) is 4.54. The number of ether oxygens (including phenoxy) is 2. The monoisotopic (exact) mass is 363 g/mol. The van der Waals surface area contributed by atoms with Gasteiger partial charge >= 0.3 is 0 Å². The lowest BCUT2D eigenvalue weighted by Crippen LogP contribution is -2.45. The van der Waals surface area contributed by atoms with Gasteiger partial charge in [0.05, 0.1) is 32.0 Å². The zero-order valence-electron chi connectivity index (χ0n) is 15.3. The predicted octanol–water partition coefficient (Wildman–Crippen LogP) is 3.48.